The number of carbonyl (C=O) groups is 1. The Morgan fingerprint density at radius 1 is 0.972 bits per heavy atom. The standard InChI is InChI=1S/C30H41N5O/c1-22(2)27(31)28(36)33-29-32-25-14-8-9-15-26(25)35(29)24-16-20-34(21-17-24)30(18-10-3-4-11-19-30)23-12-6-5-7-13-23/h5-9,12-15,22,24,27H,3-4,10-11,16-21,31H2,1-2H3,(H,32,33,36). The Labute approximate surface area is 215 Å². The zero-order chi connectivity index (χ0) is 25.1. The molecule has 0 bridgehead atoms. The van der Waals surface area contributed by atoms with Crippen molar-refractivity contribution in [3.63, 3.8) is 0 Å². The normalized spacial score (nSPS) is 20.3. The number of hydrogen-bond acceptors (Lipinski definition) is 4. The molecule has 36 heavy (non-hydrogen) atoms. The number of piperidine rings is 1. The summed E-state index contributed by atoms with van der Waals surface area (Å²) in [4.78, 5) is 20.4. The molecule has 2 aromatic carbocycles. The van der Waals surface area contributed by atoms with Crippen LogP contribution < -0.4 is 11.1 Å². The molecule has 6 nitrogen and oxygen atoms in total. The molecule has 3 N–H and O–H groups in total. The first-order chi connectivity index (χ1) is 17.5. The fourth-order valence-electron chi connectivity index (χ4n) is 6.40. The van der Waals surface area contributed by atoms with Gasteiger partial charge in [0.1, 0.15) is 0 Å². The molecular weight excluding hydrogens is 446 g/mol. The molecule has 0 radical (unpaired) electrons. The largest absolute Gasteiger partial charge is 0.320 e. The Morgan fingerprint density at radius 3 is 2.28 bits per heavy atom. The third-order valence-electron chi connectivity index (χ3n) is 8.53. The second-order valence-corrected chi connectivity index (χ2v) is 11.1. The smallest absolute Gasteiger partial charge is 0.243 e. The van der Waals surface area contributed by atoms with Crippen LogP contribution in [0.5, 0.6) is 0 Å². The second kappa shape index (κ2) is 10.7. The minimum atomic E-state index is -0.555. The number of imidazole rings is 1. The summed E-state index contributed by atoms with van der Waals surface area (Å²) >= 11 is 0. The number of anilines is 1. The van der Waals surface area contributed by atoms with E-state index in [1.807, 2.05) is 26.0 Å². The van der Waals surface area contributed by atoms with Gasteiger partial charge in [-0.2, -0.15) is 0 Å². The van der Waals surface area contributed by atoms with Crippen molar-refractivity contribution in [2.24, 2.45) is 11.7 Å². The number of fused-ring (bicyclic) bond motifs is 1. The molecule has 1 aliphatic carbocycles. The Balaban J connectivity index is 1.41. The van der Waals surface area contributed by atoms with Gasteiger partial charge >= 0.3 is 0 Å². The van der Waals surface area contributed by atoms with Crippen LogP contribution in [0, 0.1) is 5.92 Å². The number of aromatic nitrogens is 2. The van der Waals surface area contributed by atoms with E-state index >= 15 is 0 Å². The number of carbonyl (C=O) groups excluding carboxylic acids is 1. The Bertz CT molecular complexity index is 1150. The molecule has 2 heterocycles. The molecule has 2 aliphatic rings. The lowest BCUT2D eigenvalue weighted by Crippen LogP contribution is -2.50. The number of para-hydroxylation sites is 2. The maximum Gasteiger partial charge on any atom is 0.243 e. The highest BCUT2D eigenvalue weighted by molar-refractivity contribution is 5.95. The molecule has 1 aromatic heterocycles. The monoisotopic (exact) mass is 487 g/mol. The van der Waals surface area contributed by atoms with Gasteiger partial charge in [0.05, 0.1) is 17.1 Å². The highest BCUT2D eigenvalue weighted by Crippen LogP contribution is 2.44. The number of nitrogens with one attached hydrogen (secondary N) is 1. The van der Waals surface area contributed by atoms with Crippen LogP contribution in [-0.2, 0) is 10.3 Å². The Hall–Kier alpha value is -2.70. The van der Waals surface area contributed by atoms with Gasteiger partial charge in [-0.3, -0.25) is 15.0 Å². The van der Waals surface area contributed by atoms with Crippen molar-refractivity contribution < 1.29 is 4.79 Å². The lowest BCUT2D eigenvalue weighted by Gasteiger charge is -2.48. The van der Waals surface area contributed by atoms with E-state index in [0.717, 1.165) is 37.0 Å². The van der Waals surface area contributed by atoms with Crippen molar-refractivity contribution in [1.29, 1.82) is 0 Å². The first kappa shape index (κ1) is 25.0. The average Bonchev–Trinajstić information content (AvgIpc) is 3.08. The minimum absolute atomic E-state index is 0.0693. The van der Waals surface area contributed by atoms with E-state index in [-0.39, 0.29) is 23.4 Å². The zero-order valence-electron chi connectivity index (χ0n) is 21.8. The maximum atomic E-state index is 12.9. The van der Waals surface area contributed by atoms with E-state index in [0.29, 0.717) is 5.95 Å². The lowest BCUT2D eigenvalue weighted by molar-refractivity contribution is -0.118. The van der Waals surface area contributed by atoms with Crippen LogP contribution in [0.25, 0.3) is 11.0 Å². The van der Waals surface area contributed by atoms with Crippen LogP contribution in [0.1, 0.15) is 76.8 Å². The fourth-order valence-corrected chi connectivity index (χ4v) is 6.40. The van der Waals surface area contributed by atoms with Crippen molar-refractivity contribution in [2.45, 2.75) is 82.8 Å². The van der Waals surface area contributed by atoms with Gasteiger partial charge in [-0.05, 0) is 49.3 Å². The molecule has 5 rings (SSSR count). The minimum Gasteiger partial charge on any atom is -0.320 e. The van der Waals surface area contributed by atoms with Gasteiger partial charge in [-0.25, -0.2) is 4.98 Å². The Kier molecular flexibility index (Phi) is 7.44. The SMILES string of the molecule is CC(C)C(N)C(=O)Nc1nc2ccccc2n1C1CCN(C2(c3ccccc3)CCCCCC2)CC1. The van der Waals surface area contributed by atoms with E-state index < -0.39 is 6.04 Å². The summed E-state index contributed by atoms with van der Waals surface area (Å²) in [5.41, 5.74) is 9.77. The van der Waals surface area contributed by atoms with Gasteiger partial charge in [0.15, 0.2) is 0 Å². The van der Waals surface area contributed by atoms with Crippen molar-refractivity contribution in [3.05, 3.63) is 60.2 Å². The molecule has 6 heteroatoms. The molecule has 0 spiro atoms. The second-order valence-electron chi connectivity index (χ2n) is 11.1. The van der Waals surface area contributed by atoms with Crippen LogP contribution in [0.3, 0.4) is 0 Å². The fraction of sp³-hybridized carbons (Fsp3) is 0.533. The van der Waals surface area contributed by atoms with E-state index in [1.165, 1.54) is 44.1 Å². The van der Waals surface area contributed by atoms with Crippen LogP contribution in [0.4, 0.5) is 5.95 Å². The number of likely N-dealkylation sites (tertiary alicyclic amines) is 1. The van der Waals surface area contributed by atoms with Gasteiger partial charge in [0.2, 0.25) is 11.9 Å². The molecule has 1 unspecified atom stereocenters. The molecule has 2 fully saturated rings. The quantitative estimate of drug-likeness (QED) is 0.428. The first-order valence-electron chi connectivity index (χ1n) is 13.8. The summed E-state index contributed by atoms with van der Waals surface area (Å²) in [5, 5.41) is 3.07. The molecule has 192 valence electrons. The lowest BCUT2D eigenvalue weighted by atomic mass is 9.79. The van der Waals surface area contributed by atoms with Crippen molar-refractivity contribution in [1.82, 2.24) is 14.5 Å². The van der Waals surface area contributed by atoms with E-state index in [2.05, 4.69) is 57.2 Å². The highest BCUT2D eigenvalue weighted by Gasteiger charge is 2.40. The van der Waals surface area contributed by atoms with Gasteiger partial charge in [0.25, 0.3) is 0 Å². The summed E-state index contributed by atoms with van der Waals surface area (Å²) in [6.45, 7) is 6.04. The molecule has 1 saturated carbocycles. The highest BCUT2D eigenvalue weighted by atomic mass is 16.2. The summed E-state index contributed by atoms with van der Waals surface area (Å²) < 4.78 is 2.26. The third kappa shape index (κ3) is 4.81. The average molecular weight is 488 g/mol. The van der Waals surface area contributed by atoms with Crippen LogP contribution >= 0.6 is 0 Å². The first-order valence-corrected chi connectivity index (χ1v) is 13.8. The third-order valence-corrected chi connectivity index (χ3v) is 8.53. The van der Waals surface area contributed by atoms with Gasteiger partial charge in [-0.1, -0.05) is 82.0 Å². The van der Waals surface area contributed by atoms with Crippen LogP contribution in [0.2, 0.25) is 0 Å². The number of rotatable bonds is 6. The molecule has 1 aliphatic heterocycles. The van der Waals surface area contributed by atoms with Crippen molar-refractivity contribution >= 4 is 22.9 Å². The summed E-state index contributed by atoms with van der Waals surface area (Å²) in [5.74, 6) is 0.531. The predicted octanol–water partition coefficient (Wildman–Crippen LogP) is 5.84. The van der Waals surface area contributed by atoms with Crippen LogP contribution in [-0.4, -0.2) is 39.5 Å². The maximum absolute atomic E-state index is 12.9. The summed E-state index contributed by atoms with van der Waals surface area (Å²) in [6, 6.07) is 19.1. The van der Waals surface area contributed by atoms with Crippen LogP contribution in [0.15, 0.2) is 54.6 Å². The predicted molar refractivity (Wildman–Crippen MR) is 147 cm³/mol. The van der Waals surface area contributed by atoms with Gasteiger partial charge < -0.3 is 10.3 Å². The zero-order valence-corrected chi connectivity index (χ0v) is 21.8. The van der Waals surface area contributed by atoms with Crippen molar-refractivity contribution in [3.8, 4) is 0 Å². The topological polar surface area (TPSA) is 76.2 Å². The molecule has 1 atom stereocenters. The van der Waals surface area contributed by atoms with E-state index in [1.54, 1.807) is 0 Å². The summed E-state index contributed by atoms with van der Waals surface area (Å²) in [6.07, 6.45) is 9.83. The number of amides is 1. The van der Waals surface area contributed by atoms with Gasteiger partial charge in [0, 0.05) is 24.7 Å². The molecule has 1 saturated heterocycles. The Morgan fingerprint density at radius 2 is 1.61 bits per heavy atom. The van der Waals surface area contributed by atoms with Crippen molar-refractivity contribution in [2.75, 3.05) is 18.4 Å². The van der Waals surface area contributed by atoms with E-state index in [9.17, 15) is 4.79 Å². The molecular formula is C30H41N5O. The molecule has 1 amide bonds. The van der Waals surface area contributed by atoms with E-state index in [4.69, 9.17) is 10.7 Å². The number of nitrogens with zero attached hydrogens (tertiary/aromatic N) is 3. The summed E-state index contributed by atoms with van der Waals surface area (Å²) in [7, 11) is 0. The number of hydrogen-bond donors (Lipinski definition) is 2. The number of benzene rings is 2. The number of nitrogens with two attached hydrogens (primary N) is 1. The molecule has 3 aromatic rings. The van der Waals surface area contributed by atoms with Gasteiger partial charge in [-0.15, -0.1) is 0 Å².